The van der Waals surface area contributed by atoms with Crippen LogP contribution in [0.4, 0.5) is 10.5 Å². The lowest BCUT2D eigenvalue weighted by atomic mass is 10.0. The van der Waals surface area contributed by atoms with E-state index in [0.717, 1.165) is 11.3 Å². The van der Waals surface area contributed by atoms with Gasteiger partial charge in [0.1, 0.15) is 0 Å². The van der Waals surface area contributed by atoms with Crippen molar-refractivity contribution < 1.29 is 19.5 Å². The summed E-state index contributed by atoms with van der Waals surface area (Å²) in [6.07, 6.45) is 1.65. The summed E-state index contributed by atoms with van der Waals surface area (Å²) in [4.78, 5) is 39.5. The third kappa shape index (κ3) is 4.15. The van der Waals surface area contributed by atoms with Crippen LogP contribution < -0.4 is 5.32 Å². The minimum absolute atomic E-state index is 0.0347. The Labute approximate surface area is 153 Å². The zero-order valence-corrected chi connectivity index (χ0v) is 15.0. The van der Waals surface area contributed by atoms with Gasteiger partial charge in [-0.1, -0.05) is 12.1 Å². The molecule has 7 nitrogen and oxygen atoms in total. The number of hydrogen-bond acceptors (Lipinski definition) is 3. The molecule has 0 aromatic heterocycles. The number of benzene rings is 1. The van der Waals surface area contributed by atoms with Gasteiger partial charge in [-0.2, -0.15) is 0 Å². The Balaban J connectivity index is 1.48. The van der Waals surface area contributed by atoms with Crippen LogP contribution in [0.5, 0.6) is 0 Å². The number of rotatable bonds is 3. The largest absolute Gasteiger partial charge is 0.481 e. The second-order valence-corrected chi connectivity index (χ2v) is 7.16. The third-order valence-electron chi connectivity index (χ3n) is 5.28. The number of aryl methyl sites for hydroxylation is 1. The van der Waals surface area contributed by atoms with Crippen molar-refractivity contribution in [2.24, 2.45) is 11.8 Å². The highest BCUT2D eigenvalue weighted by molar-refractivity contribution is 5.89. The summed E-state index contributed by atoms with van der Waals surface area (Å²) in [5.74, 6) is -1.36. The summed E-state index contributed by atoms with van der Waals surface area (Å²) in [7, 11) is 0. The normalized spacial score (nSPS) is 23.0. The Kier molecular flexibility index (Phi) is 5.44. The highest BCUT2D eigenvalue weighted by Crippen LogP contribution is 2.32. The van der Waals surface area contributed by atoms with E-state index in [0.29, 0.717) is 45.4 Å². The molecule has 1 aliphatic carbocycles. The molecule has 2 aliphatic rings. The average molecular weight is 359 g/mol. The molecular formula is C19H25N3O4. The first-order valence-electron chi connectivity index (χ1n) is 9.08. The summed E-state index contributed by atoms with van der Waals surface area (Å²) in [6, 6.07) is 7.47. The highest BCUT2D eigenvalue weighted by atomic mass is 16.4. The summed E-state index contributed by atoms with van der Waals surface area (Å²) in [5, 5.41) is 12.0. The van der Waals surface area contributed by atoms with E-state index in [2.05, 4.69) is 5.32 Å². The van der Waals surface area contributed by atoms with Crippen LogP contribution in [0.15, 0.2) is 24.3 Å². The van der Waals surface area contributed by atoms with E-state index >= 15 is 0 Å². The van der Waals surface area contributed by atoms with Crippen molar-refractivity contribution in [3.63, 3.8) is 0 Å². The Hall–Kier alpha value is -2.57. The molecule has 1 heterocycles. The molecule has 7 heteroatoms. The summed E-state index contributed by atoms with van der Waals surface area (Å²) >= 11 is 0. The van der Waals surface area contributed by atoms with E-state index in [4.69, 9.17) is 5.11 Å². The molecule has 2 fully saturated rings. The first kappa shape index (κ1) is 18.2. The Bertz CT molecular complexity index is 698. The fraction of sp³-hybridized carbons (Fsp3) is 0.526. The van der Waals surface area contributed by atoms with Crippen molar-refractivity contribution in [2.45, 2.75) is 26.2 Å². The lowest BCUT2D eigenvalue weighted by molar-refractivity contribution is -0.141. The number of carboxylic acids is 1. The van der Waals surface area contributed by atoms with Gasteiger partial charge in [0.25, 0.3) is 0 Å². The number of piperazine rings is 1. The maximum atomic E-state index is 12.6. The lowest BCUT2D eigenvalue weighted by Crippen LogP contribution is -2.52. The van der Waals surface area contributed by atoms with Crippen LogP contribution in [0.1, 0.15) is 24.8 Å². The van der Waals surface area contributed by atoms with Crippen molar-refractivity contribution in [3.8, 4) is 0 Å². The predicted molar refractivity (Wildman–Crippen MR) is 96.8 cm³/mol. The molecule has 1 saturated carbocycles. The van der Waals surface area contributed by atoms with Gasteiger partial charge in [-0.15, -0.1) is 0 Å². The van der Waals surface area contributed by atoms with Gasteiger partial charge in [-0.25, -0.2) is 4.79 Å². The third-order valence-corrected chi connectivity index (χ3v) is 5.28. The fourth-order valence-electron chi connectivity index (χ4n) is 3.74. The molecule has 2 N–H and O–H groups in total. The van der Waals surface area contributed by atoms with Gasteiger partial charge in [-0.3, -0.25) is 9.59 Å². The van der Waals surface area contributed by atoms with E-state index in [-0.39, 0.29) is 17.9 Å². The van der Waals surface area contributed by atoms with Gasteiger partial charge in [0, 0.05) is 37.8 Å². The minimum Gasteiger partial charge on any atom is -0.481 e. The topological polar surface area (TPSA) is 90.0 Å². The Morgan fingerprint density at radius 3 is 2.31 bits per heavy atom. The van der Waals surface area contributed by atoms with Gasteiger partial charge < -0.3 is 20.2 Å². The number of carboxylic acid groups (broad SMARTS) is 1. The molecule has 3 amide bonds. The second-order valence-electron chi connectivity index (χ2n) is 7.16. The molecule has 1 aromatic rings. The first-order chi connectivity index (χ1) is 12.4. The van der Waals surface area contributed by atoms with E-state index in [1.807, 2.05) is 31.2 Å². The molecule has 2 atom stereocenters. The van der Waals surface area contributed by atoms with Crippen molar-refractivity contribution >= 4 is 23.6 Å². The lowest BCUT2D eigenvalue weighted by Gasteiger charge is -2.36. The van der Waals surface area contributed by atoms with Gasteiger partial charge in [0.2, 0.25) is 5.91 Å². The maximum Gasteiger partial charge on any atom is 0.321 e. The molecule has 140 valence electrons. The quantitative estimate of drug-likeness (QED) is 0.865. The predicted octanol–water partition coefficient (Wildman–Crippen LogP) is 2.17. The van der Waals surface area contributed by atoms with E-state index < -0.39 is 11.9 Å². The van der Waals surface area contributed by atoms with E-state index in [9.17, 15) is 14.4 Å². The summed E-state index contributed by atoms with van der Waals surface area (Å²) < 4.78 is 0. The van der Waals surface area contributed by atoms with Gasteiger partial charge in [0.15, 0.2) is 0 Å². The Morgan fingerprint density at radius 1 is 1.04 bits per heavy atom. The minimum atomic E-state index is -0.807. The van der Waals surface area contributed by atoms with Crippen LogP contribution in [-0.4, -0.2) is 59.0 Å². The SMILES string of the molecule is Cc1cccc(NC(=O)N2CCN(C(=O)[C@@H]3CC[C@H](C(=O)O)C3)CC2)c1. The molecular weight excluding hydrogens is 334 g/mol. The molecule has 0 radical (unpaired) electrons. The molecule has 26 heavy (non-hydrogen) atoms. The van der Waals surface area contributed by atoms with Crippen molar-refractivity contribution in [2.75, 3.05) is 31.5 Å². The number of urea groups is 1. The fourth-order valence-corrected chi connectivity index (χ4v) is 3.74. The smallest absolute Gasteiger partial charge is 0.321 e. The summed E-state index contributed by atoms with van der Waals surface area (Å²) in [6.45, 7) is 3.93. The van der Waals surface area contributed by atoms with Gasteiger partial charge in [0.05, 0.1) is 5.92 Å². The highest BCUT2D eigenvalue weighted by Gasteiger charge is 2.36. The molecule has 1 aromatic carbocycles. The van der Waals surface area contributed by atoms with Crippen molar-refractivity contribution in [3.05, 3.63) is 29.8 Å². The van der Waals surface area contributed by atoms with Crippen LogP contribution in [0.2, 0.25) is 0 Å². The molecule has 3 rings (SSSR count). The molecule has 0 unspecified atom stereocenters. The Morgan fingerprint density at radius 2 is 1.69 bits per heavy atom. The number of carbonyl (C=O) groups is 3. The van der Waals surface area contributed by atoms with Crippen LogP contribution in [0, 0.1) is 18.8 Å². The number of aliphatic carboxylic acids is 1. The molecule has 1 saturated heterocycles. The van der Waals surface area contributed by atoms with Crippen LogP contribution in [0.25, 0.3) is 0 Å². The van der Waals surface area contributed by atoms with E-state index in [1.54, 1.807) is 9.80 Å². The standard InChI is InChI=1S/C19H25N3O4/c1-13-3-2-4-16(11-13)20-19(26)22-9-7-21(8-10-22)17(23)14-5-6-15(12-14)18(24)25/h2-4,11,14-15H,5-10,12H2,1H3,(H,20,26)(H,24,25)/t14-,15+/m1/s1. The van der Waals surface area contributed by atoms with Gasteiger partial charge in [-0.05, 0) is 43.9 Å². The van der Waals surface area contributed by atoms with Crippen LogP contribution >= 0.6 is 0 Å². The zero-order valence-electron chi connectivity index (χ0n) is 15.0. The number of hydrogen-bond donors (Lipinski definition) is 2. The van der Waals surface area contributed by atoms with Gasteiger partial charge >= 0.3 is 12.0 Å². The monoisotopic (exact) mass is 359 g/mol. The molecule has 1 aliphatic heterocycles. The maximum absolute atomic E-state index is 12.6. The zero-order chi connectivity index (χ0) is 18.7. The first-order valence-corrected chi connectivity index (χ1v) is 9.08. The molecule has 0 spiro atoms. The van der Waals surface area contributed by atoms with Crippen molar-refractivity contribution in [1.29, 1.82) is 0 Å². The summed E-state index contributed by atoms with van der Waals surface area (Å²) in [5.41, 5.74) is 1.84. The van der Waals surface area contributed by atoms with Crippen molar-refractivity contribution in [1.82, 2.24) is 9.80 Å². The second kappa shape index (κ2) is 7.76. The van der Waals surface area contributed by atoms with E-state index in [1.165, 1.54) is 0 Å². The van der Waals surface area contributed by atoms with Crippen LogP contribution in [-0.2, 0) is 9.59 Å². The van der Waals surface area contributed by atoms with Crippen LogP contribution in [0.3, 0.4) is 0 Å². The number of amides is 3. The average Bonchev–Trinajstić information content (AvgIpc) is 3.12. The number of nitrogens with one attached hydrogen (secondary N) is 1. The number of nitrogens with zero attached hydrogens (tertiary/aromatic N) is 2. The number of carbonyl (C=O) groups excluding carboxylic acids is 2. The number of anilines is 1. The molecule has 0 bridgehead atoms.